The number of aryl methyl sites for hydroxylation is 1. The number of hydroxylamine groups is 1. The number of para-hydroxylation sites is 2. The SMILES string of the molecule is CC(CCN)c1nc2ccccc2c2c1ncn2CCCCONC(=O)Nc1ccccc1. The van der Waals surface area contributed by atoms with E-state index in [4.69, 9.17) is 20.5 Å². The summed E-state index contributed by atoms with van der Waals surface area (Å²) in [6.45, 7) is 4.00. The number of imidazole rings is 1. The smallest absolute Gasteiger partial charge is 0.330 e. The average Bonchev–Trinajstić information content (AvgIpc) is 3.26. The van der Waals surface area contributed by atoms with Gasteiger partial charge in [-0.1, -0.05) is 43.3 Å². The van der Waals surface area contributed by atoms with E-state index in [1.54, 1.807) is 0 Å². The summed E-state index contributed by atoms with van der Waals surface area (Å²) in [6.07, 6.45) is 4.45. The largest absolute Gasteiger partial charge is 0.343 e. The standard InChI is InChI=1S/C25H30N6O2/c1-18(13-14-26)22-23-24(20-11-5-6-12-21(20)29-22)31(17-27-23)15-7-8-16-33-30-25(32)28-19-9-3-2-4-10-19/h2-6,9-12,17-18H,7-8,13-16,26H2,1H3,(H2,28,30,32). The molecule has 4 N–H and O–H groups in total. The fourth-order valence-electron chi connectivity index (χ4n) is 3.96. The van der Waals surface area contributed by atoms with E-state index in [0.29, 0.717) is 18.8 Å². The number of nitrogens with one attached hydrogen (secondary N) is 2. The first kappa shape index (κ1) is 22.7. The van der Waals surface area contributed by atoms with Crippen molar-refractivity contribution in [2.24, 2.45) is 5.73 Å². The molecule has 0 aliphatic rings. The first-order valence-electron chi connectivity index (χ1n) is 11.3. The maximum absolute atomic E-state index is 11.9. The molecule has 2 amide bonds. The molecule has 0 saturated carbocycles. The van der Waals surface area contributed by atoms with Crippen LogP contribution in [0.1, 0.15) is 37.8 Å². The molecule has 0 bridgehead atoms. The molecule has 2 heterocycles. The maximum atomic E-state index is 11.9. The number of nitrogens with zero attached hydrogens (tertiary/aromatic N) is 3. The number of hydrogen-bond acceptors (Lipinski definition) is 5. The molecule has 8 heteroatoms. The zero-order valence-electron chi connectivity index (χ0n) is 18.8. The van der Waals surface area contributed by atoms with Gasteiger partial charge in [0.1, 0.15) is 5.52 Å². The molecule has 0 aliphatic carbocycles. The van der Waals surface area contributed by atoms with Crippen molar-refractivity contribution in [3.8, 4) is 0 Å². The number of amides is 2. The van der Waals surface area contributed by atoms with Crippen LogP contribution in [0.4, 0.5) is 10.5 Å². The lowest BCUT2D eigenvalue weighted by Gasteiger charge is -2.13. The van der Waals surface area contributed by atoms with Gasteiger partial charge in [0.05, 0.1) is 29.7 Å². The molecule has 4 aromatic rings. The van der Waals surface area contributed by atoms with Crippen LogP contribution in [0.3, 0.4) is 0 Å². The van der Waals surface area contributed by atoms with Crippen molar-refractivity contribution >= 4 is 33.7 Å². The molecule has 8 nitrogen and oxygen atoms in total. The summed E-state index contributed by atoms with van der Waals surface area (Å²) in [5.74, 6) is 0.243. The van der Waals surface area contributed by atoms with E-state index in [0.717, 1.165) is 53.4 Å². The van der Waals surface area contributed by atoms with E-state index in [1.807, 2.05) is 54.9 Å². The summed E-state index contributed by atoms with van der Waals surface area (Å²) in [6, 6.07) is 17.0. The van der Waals surface area contributed by atoms with E-state index in [1.165, 1.54) is 0 Å². The molecule has 4 rings (SSSR count). The van der Waals surface area contributed by atoms with Crippen LogP contribution >= 0.6 is 0 Å². The Morgan fingerprint density at radius 3 is 2.73 bits per heavy atom. The van der Waals surface area contributed by atoms with Gasteiger partial charge in [-0.2, -0.15) is 0 Å². The van der Waals surface area contributed by atoms with E-state index in [2.05, 4.69) is 28.4 Å². The fourth-order valence-corrected chi connectivity index (χ4v) is 3.96. The van der Waals surface area contributed by atoms with Gasteiger partial charge in [0.25, 0.3) is 0 Å². The van der Waals surface area contributed by atoms with E-state index in [-0.39, 0.29) is 11.9 Å². The minimum atomic E-state index is -0.389. The van der Waals surface area contributed by atoms with Crippen molar-refractivity contribution < 1.29 is 9.63 Å². The van der Waals surface area contributed by atoms with Crippen LogP contribution in [0.5, 0.6) is 0 Å². The van der Waals surface area contributed by atoms with Crippen LogP contribution in [-0.4, -0.2) is 33.7 Å². The number of aromatic nitrogens is 3. The summed E-state index contributed by atoms with van der Waals surface area (Å²) < 4.78 is 2.19. The van der Waals surface area contributed by atoms with E-state index < -0.39 is 0 Å². The van der Waals surface area contributed by atoms with Crippen molar-refractivity contribution in [3.05, 3.63) is 66.6 Å². The lowest BCUT2D eigenvalue weighted by Crippen LogP contribution is -2.29. The summed E-state index contributed by atoms with van der Waals surface area (Å²) >= 11 is 0. The number of hydrogen-bond donors (Lipinski definition) is 3. The van der Waals surface area contributed by atoms with Crippen molar-refractivity contribution in [2.45, 2.75) is 38.6 Å². The minimum absolute atomic E-state index is 0.243. The highest BCUT2D eigenvalue weighted by Crippen LogP contribution is 2.30. The van der Waals surface area contributed by atoms with Gasteiger partial charge < -0.3 is 15.6 Å². The van der Waals surface area contributed by atoms with Crippen LogP contribution in [0.25, 0.3) is 21.9 Å². The number of carbonyl (C=O) groups is 1. The first-order chi connectivity index (χ1) is 16.2. The Morgan fingerprint density at radius 1 is 1.12 bits per heavy atom. The predicted octanol–water partition coefficient (Wildman–Crippen LogP) is 4.57. The van der Waals surface area contributed by atoms with E-state index >= 15 is 0 Å². The fraction of sp³-hybridized carbons (Fsp3) is 0.320. The van der Waals surface area contributed by atoms with Crippen molar-refractivity contribution in [1.82, 2.24) is 20.0 Å². The lowest BCUT2D eigenvalue weighted by atomic mass is 10.0. The number of urea groups is 1. The van der Waals surface area contributed by atoms with Crippen molar-refractivity contribution in [1.29, 1.82) is 0 Å². The highest BCUT2D eigenvalue weighted by molar-refractivity contribution is 6.03. The molecule has 1 atom stereocenters. The van der Waals surface area contributed by atoms with Crippen LogP contribution in [0.2, 0.25) is 0 Å². The summed E-state index contributed by atoms with van der Waals surface area (Å²) in [4.78, 5) is 26.8. The predicted molar refractivity (Wildman–Crippen MR) is 131 cm³/mol. The highest BCUT2D eigenvalue weighted by Gasteiger charge is 2.17. The van der Waals surface area contributed by atoms with Crippen LogP contribution < -0.4 is 16.5 Å². The third-order valence-corrected chi connectivity index (χ3v) is 5.64. The Bertz CT molecular complexity index is 1210. The molecule has 1 unspecified atom stereocenters. The molecular weight excluding hydrogens is 416 g/mol. The Balaban J connectivity index is 1.36. The molecule has 0 radical (unpaired) electrons. The summed E-state index contributed by atoms with van der Waals surface area (Å²) in [5, 5.41) is 3.82. The molecule has 0 fully saturated rings. The number of pyridine rings is 1. The highest BCUT2D eigenvalue weighted by atomic mass is 16.7. The number of benzene rings is 2. The zero-order valence-corrected chi connectivity index (χ0v) is 18.8. The van der Waals surface area contributed by atoms with E-state index in [9.17, 15) is 4.79 Å². The first-order valence-corrected chi connectivity index (χ1v) is 11.3. The molecule has 33 heavy (non-hydrogen) atoms. The Labute approximate surface area is 193 Å². The molecule has 0 saturated heterocycles. The van der Waals surface area contributed by atoms with Crippen LogP contribution in [0, 0.1) is 0 Å². The van der Waals surface area contributed by atoms with Gasteiger partial charge in [0.2, 0.25) is 0 Å². The maximum Gasteiger partial charge on any atom is 0.343 e. The van der Waals surface area contributed by atoms with Crippen molar-refractivity contribution in [2.75, 3.05) is 18.5 Å². The number of nitrogens with two attached hydrogens (primary N) is 1. The molecule has 0 spiro atoms. The molecule has 2 aromatic carbocycles. The lowest BCUT2D eigenvalue weighted by molar-refractivity contribution is 0.0630. The molecule has 2 aromatic heterocycles. The summed E-state index contributed by atoms with van der Waals surface area (Å²) in [7, 11) is 0. The topological polar surface area (TPSA) is 107 Å². The number of carbonyl (C=O) groups excluding carboxylic acids is 1. The normalized spacial score (nSPS) is 12.2. The molecule has 0 aliphatic heterocycles. The third-order valence-electron chi connectivity index (χ3n) is 5.64. The monoisotopic (exact) mass is 446 g/mol. The summed E-state index contributed by atoms with van der Waals surface area (Å²) in [5.41, 5.74) is 13.0. The average molecular weight is 447 g/mol. The Hall–Kier alpha value is -3.49. The number of rotatable bonds is 10. The van der Waals surface area contributed by atoms with Gasteiger partial charge >= 0.3 is 6.03 Å². The zero-order chi connectivity index (χ0) is 23.0. The second-order valence-electron chi connectivity index (χ2n) is 8.11. The number of anilines is 1. The van der Waals surface area contributed by atoms with Gasteiger partial charge in [-0.25, -0.2) is 15.3 Å². The Morgan fingerprint density at radius 2 is 1.91 bits per heavy atom. The van der Waals surface area contributed by atoms with Gasteiger partial charge in [0, 0.05) is 23.5 Å². The number of unbranched alkanes of at least 4 members (excludes halogenated alkanes) is 1. The van der Waals surface area contributed by atoms with Gasteiger partial charge in [-0.15, -0.1) is 0 Å². The van der Waals surface area contributed by atoms with Crippen LogP contribution in [-0.2, 0) is 11.4 Å². The Kier molecular flexibility index (Phi) is 7.49. The number of fused-ring (bicyclic) bond motifs is 3. The quantitative estimate of drug-likeness (QED) is 0.244. The van der Waals surface area contributed by atoms with Gasteiger partial charge in [-0.3, -0.25) is 9.82 Å². The van der Waals surface area contributed by atoms with Gasteiger partial charge in [0.15, 0.2) is 0 Å². The van der Waals surface area contributed by atoms with Crippen LogP contribution in [0.15, 0.2) is 60.9 Å². The molecule has 172 valence electrons. The molecular formula is C25H30N6O2. The third kappa shape index (κ3) is 5.47. The second-order valence-corrected chi connectivity index (χ2v) is 8.11. The van der Waals surface area contributed by atoms with Crippen molar-refractivity contribution in [3.63, 3.8) is 0 Å². The second kappa shape index (κ2) is 10.9. The van der Waals surface area contributed by atoms with Gasteiger partial charge in [-0.05, 0) is 44.0 Å². The minimum Gasteiger partial charge on any atom is -0.330 e.